The highest BCUT2D eigenvalue weighted by Crippen LogP contribution is 2.41. The highest BCUT2D eigenvalue weighted by atomic mass is 19.1. The highest BCUT2D eigenvalue weighted by molar-refractivity contribution is 5.81. The van der Waals surface area contributed by atoms with Crippen LogP contribution in [0.15, 0.2) is 54.6 Å². The molecule has 0 saturated heterocycles. The number of hydrogen-bond acceptors (Lipinski definition) is 5. The van der Waals surface area contributed by atoms with Crippen LogP contribution in [0.3, 0.4) is 0 Å². The number of fused-ring (bicyclic) bond motifs is 1. The van der Waals surface area contributed by atoms with Gasteiger partial charge in [-0.3, -0.25) is 0 Å². The first kappa shape index (κ1) is 18.9. The van der Waals surface area contributed by atoms with Crippen LogP contribution in [0.2, 0.25) is 0 Å². The standard InChI is InChI=1S/C21H17F2N5O/c1-20(2,29)17-11-26-28-16(10-25-19(28)27-17)13-5-3-6-14(9-13)18-15(22)7-4-8-21(18,23)12-24/h3-7,9-11,29H,8H2,1-2H3. The van der Waals surface area contributed by atoms with Crippen molar-refractivity contribution in [3.05, 3.63) is 65.9 Å². The van der Waals surface area contributed by atoms with Crippen molar-refractivity contribution in [2.45, 2.75) is 31.5 Å². The van der Waals surface area contributed by atoms with E-state index in [-0.39, 0.29) is 23.3 Å². The summed E-state index contributed by atoms with van der Waals surface area (Å²) < 4.78 is 30.9. The van der Waals surface area contributed by atoms with E-state index >= 15 is 4.39 Å². The third kappa shape index (κ3) is 3.19. The molecule has 3 aromatic rings. The predicted molar refractivity (Wildman–Crippen MR) is 103 cm³/mol. The monoisotopic (exact) mass is 393 g/mol. The van der Waals surface area contributed by atoms with Crippen molar-refractivity contribution in [2.75, 3.05) is 0 Å². The number of nitrogens with zero attached hydrogens (tertiary/aromatic N) is 5. The van der Waals surface area contributed by atoms with Crippen LogP contribution in [0, 0.1) is 11.3 Å². The molecule has 1 atom stereocenters. The number of benzene rings is 1. The van der Waals surface area contributed by atoms with Crippen molar-refractivity contribution in [1.82, 2.24) is 19.6 Å². The quantitative estimate of drug-likeness (QED) is 0.729. The van der Waals surface area contributed by atoms with Crippen molar-refractivity contribution < 1.29 is 13.9 Å². The Morgan fingerprint density at radius 1 is 1.28 bits per heavy atom. The van der Waals surface area contributed by atoms with Crippen molar-refractivity contribution >= 4 is 11.4 Å². The minimum atomic E-state index is -2.43. The predicted octanol–water partition coefficient (Wildman–Crippen LogP) is 3.89. The molecule has 1 N–H and O–H groups in total. The zero-order chi connectivity index (χ0) is 20.8. The molecule has 8 heteroatoms. The Bertz CT molecular complexity index is 1220. The van der Waals surface area contributed by atoms with Crippen LogP contribution in [0.5, 0.6) is 0 Å². The summed E-state index contributed by atoms with van der Waals surface area (Å²) in [5.74, 6) is -0.488. The minimum Gasteiger partial charge on any atom is -0.384 e. The van der Waals surface area contributed by atoms with Crippen molar-refractivity contribution in [2.24, 2.45) is 0 Å². The van der Waals surface area contributed by atoms with Crippen LogP contribution >= 0.6 is 0 Å². The number of aliphatic hydroxyl groups is 1. The fourth-order valence-electron chi connectivity index (χ4n) is 3.27. The van der Waals surface area contributed by atoms with E-state index in [0.29, 0.717) is 17.0 Å². The normalized spacial score (nSPS) is 19.6. The van der Waals surface area contributed by atoms with Gasteiger partial charge < -0.3 is 5.11 Å². The van der Waals surface area contributed by atoms with Crippen molar-refractivity contribution in [3.8, 4) is 17.3 Å². The lowest BCUT2D eigenvalue weighted by Crippen LogP contribution is -2.24. The van der Waals surface area contributed by atoms with Crippen LogP contribution in [-0.4, -0.2) is 30.4 Å². The van der Waals surface area contributed by atoms with Crippen LogP contribution < -0.4 is 0 Å². The molecule has 146 valence electrons. The molecule has 29 heavy (non-hydrogen) atoms. The molecule has 0 fully saturated rings. The van der Waals surface area contributed by atoms with E-state index < -0.39 is 17.1 Å². The maximum absolute atomic E-state index is 15.0. The molecule has 1 aliphatic rings. The van der Waals surface area contributed by atoms with Gasteiger partial charge in [0.05, 0.1) is 23.8 Å². The van der Waals surface area contributed by atoms with Crippen molar-refractivity contribution in [3.63, 3.8) is 0 Å². The minimum absolute atomic E-state index is 0.211. The van der Waals surface area contributed by atoms with Crippen LogP contribution in [0.1, 0.15) is 31.5 Å². The Balaban J connectivity index is 1.83. The van der Waals surface area contributed by atoms with Gasteiger partial charge in [-0.15, -0.1) is 0 Å². The first-order chi connectivity index (χ1) is 13.7. The first-order valence-corrected chi connectivity index (χ1v) is 8.94. The van der Waals surface area contributed by atoms with Gasteiger partial charge in [0.25, 0.3) is 5.78 Å². The van der Waals surface area contributed by atoms with Gasteiger partial charge in [-0.05, 0) is 31.6 Å². The van der Waals surface area contributed by atoms with E-state index in [0.717, 1.165) is 0 Å². The third-order valence-electron chi connectivity index (χ3n) is 4.79. The summed E-state index contributed by atoms with van der Waals surface area (Å²) >= 11 is 0. The van der Waals surface area contributed by atoms with Crippen LogP contribution in [0.25, 0.3) is 22.6 Å². The molecule has 0 radical (unpaired) electrons. The average molecular weight is 393 g/mol. The van der Waals surface area contributed by atoms with Gasteiger partial charge in [0, 0.05) is 17.6 Å². The molecular formula is C21H17F2N5O. The Labute approximate surface area is 165 Å². The van der Waals surface area contributed by atoms with Gasteiger partial charge in [-0.25, -0.2) is 18.7 Å². The summed E-state index contributed by atoms with van der Waals surface area (Å²) in [6, 6.07) is 8.14. The van der Waals surface area contributed by atoms with E-state index in [1.165, 1.54) is 22.9 Å². The zero-order valence-electron chi connectivity index (χ0n) is 15.8. The Morgan fingerprint density at radius 3 is 2.76 bits per heavy atom. The molecule has 2 aromatic heterocycles. The number of rotatable bonds is 3. The molecule has 0 aliphatic heterocycles. The fraction of sp³-hybridized carbons (Fsp3) is 0.238. The topological polar surface area (TPSA) is 87.1 Å². The lowest BCUT2D eigenvalue weighted by Gasteiger charge is -2.23. The Kier molecular flexibility index (Phi) is 4.28. The van der Waals surface area contributed by atoms with Gasteiger partial charge in [0.15, 0.2) is 0 Å². The van der Waals surface area contributed by atoms with Gasteiger partial charge in [0.2, 0.25) is 5.67 Å². The van der Waals surface area contributed by atoms with Gasteiger partial charge in [0.1, 0.15) is 17.5 Å². The van der Waals surface area contributed by atoms with Gasteiger partial charge in [-0.1, -0.05) is 24.3 Å². The average Bonchev–Trinajstić information content (AvgIpc) is 3.11. The maximum atomic E-state index is 15.0. The lowest BCUT2D eigenvalue weighted by atomic mass is 9.84. The molecular weight excluding hydrogens is 376 g/mol. The molecule has 0 amide bonds. The van der Waals surface area contributed by atoms with E-state index in [1.807, 2.05) is 0 Å². The second-order valence-corrected chi connectivity index (χ2v) is 7.38. The SMILES string of the molecule is CC(C)(O)c1cnn2c(-c3cccc(C4=C(F)C=CCC4(F)C#N)c3)cnc2n1. The molecule has 1 aliphatic carbocycles. The Hall–Kier alpha value is -3.44. The second-order valence-electron chi connectivity index (χ2n) is 7.38. The van der Waals surface area contributed by atoms with E-state index in [2.05, 4.69) is 15.1 Å². The second kappa shape index (κ2) is 6.57. The lowest BCUT2D eigenvalue weighted by molar-refractivity contribution is 0.0734. The highest BCUT2D eigenvalue weighted by Gasteiger charge is 2.39. The largest absolute Gasteiger partial charge is 0.384 e. The number of hydrogen-bond donors (Lipinski definition) is 1. The molecule has 4 rings (SSSR count). The fourth-order valence-corrected chi connectivity index (χ4v) is 3.27. The zero-order valence-corrected chi connectivity index (χ0v) is 15.8. The van der Waals surface area contributed by atoms with Gasteiger partial charge >= 0.3 is 0 Å². The van der Waals surface area contributed by atoms with E-state index in [9.17, 15) is 14.8 Å². The smallest absolute Gasteiger partial charge is 0.251 e. The summed E-state index contributed by atoms with van der Waals surface area (Å²) in [7, 11) is 0. The Morgan fingerprint density at radius 2 is 2.03 bits per heavy atom. The summed E-state index contributed by atoms with van der Waals surface area (Å²) in [5, 5.41) is 23.7. The number of halogens is 2. The van der Waals surface area contributed by atoms with Gasteiger partial charge in [-0.2, -0.15) is 14.9 Å². The molecule has 0 spiro atoms. The summed E-state index contributed by atoms with van der Waals surface area (Å²) in [6.45, 7) is 3.19. The van der Waals surface area contributed by atoms with Crippen LogP contribution in [0.4, 0.5) is 8.78 Å². The third-order valence-corrected chi connectivity index (χ3v) is 4.79. The summed E-state index contributed by atoms with van der Waals surface area (Å²) in [6.07, 6.45) is 5.26. The molecule has 2 heterocycles. The van der Waals surface area contributed by atoms with Crippen molar-refractivity contribution in [1.29, 1.82) is 5.26 Å². The maximum Gasteiger partial charge on any atom is 0.251 e. The number of aromatic nitrogens is 4. The molecule has 0 bridgehead atoms. The van der Waals surface area contributed by atoms with Crippen LogP contribution in [-0.2, 0) is 5.60 Å². The molecule has 6 nitrogen and oxygen atoms in total. The number of alkyl halides is 1. The number of imidazole rings is 1. The molecule has 1 aromatic carbocycles. The summed E-state index contributed by atoms with van der Waals surface area (Å²) in [4.78, 5) is 8.54. The summed E-state index contributed by atoms with van der Waals surface area (Å²) in [5.41, 5.74) is -2.08. The first-order valence-electron chi connectivity index (χ1n) is 8.94. The number of allylic oxidation sites excluding steroid dienone is 4. The molecule has 0 saturated carbocycles. The number of nitriles is 1. The molecule has 1 unspecified atom stereocenters. The van der Waals surface area contributed by atoms with E-state index in [4.69, 9.17) is 0 Å². The van der Waals surface area contributed by atoms with E-state index in [1.54, 1.807) is 50.4 Å².